The molecule has 1 aliphatic heterocycles. The minimum atomic E-state index is -2.58. The molecule has 0 radical (unpaired) electrons. The Hall–Kier alpha value is -0.953. The average molecular weight is 322 g/mol. The first-order valence-electron chi connectivity index (χ1n) is 6.89. The van der Waals surface area contributed by atoms with Crippen LogP contribution in [0.25, 0.3) is 0 Å². The number of hydrogen-bond donors (Lipinski definition) is 0. The number of rotatable bonds is 4. The molecule has 0 aromatic carbocycles. The molecule has 7 heteroatoms. The van der Waals surface area contributed by atoms with Gasteiger partial charge in [-0.05, 0) is 12.0 Å². The van der Waals surface area contributed by atoms with E-state index in [1.807, 2.05) is 20.8 Å². The highest BCUT2D eigenvalue weighted by atomic mass is 28.3. The van der Waals surface area contributed by atoms with E-state index in [9.17, 15) is 13.6 Å². The van der Waals surface area contributed by atoms with Crippen LogP contribution < -0.4 is 0 Å². The molecule has 2 atom stereocenters. The summed E-state index contributed by atoms with van der Waals surface area (Å²) in [5, 5.41) is -0.325. The van der Waals surface area contributed by atoms with Gasteiger partial charge in [0.2, 0.25) is 0 Å². The van der Waals surface area contributed by atoms with Crippen molar-refractivity contribution in [3.63, 3.8) is 0 Å². The van der Waals surface area contributed by atoms with Gasteiger partial charge < -0.3 is 14.2 Å². The van der Waals surface area contributed by atoms with Crippen LogP contribution in [0.1, 0.15) is 34.6 Å². The van der Waals surface area contributed by atoms with Gasteiger partial charge in [-0.25, -0.2) is 13.6 Å². The van der Waals surface area contributed by atoms with Gasteiger partial charge in [0.25, 0.3) is 5.79 Å². The first-order chi connectivity index (χ1) is 9.31. The largest absolute Gasteiger partial charge is 0.511 e. The van der Waals surface area contributed by atoms with Crippen LogP contribution in [-0.4, -0.2) is 32.7 Å². The van der Waals surface area contributed by atoms with Crippen molar-refractivity contribution in [2.24, 2.45) is 0 Å². The van der Waals surface area contributed by atoms with Crippen LogP contribution in [0.3, 0.4) is 0 Å². The van der Waals surface area contributed by atoms with E-state index in [1.165, 1.54) is 6.92 Å². The van der Waals surface area contributed by atoms with Gasteiger partial charge >= 0.3 is 6.16 Å². The maximum absolute atomic E-state index is 14.4. The number of ether oxygens (including phenoxy) is 3. The van der Waals surface area contributed by atoms with E-state index >= 15 is 0 Å². The second kappa shape index (κ2) is 5.68. The standard InChI is InChI=1S/C14H24F2O4Si/c1-9-14(5,20-12(17)19-9)18-8-10(15)11(16)21(6,7)13(2,3)4/h9H,8H2,1-7H3. The fourth-order valence-corrected chi connectivity index (χ4v) is 3.02. The third-order valence-corrected chi connectivity index (χ3v) is 9.56. The maximum Gasteiger partial charge on any atom is 0.511 e. The summed E-state index contributed by atoms with van der Waals surface area (Å²) in [5.41, 5.74) is -0.725. The van der Waals surface area contributed by atoms with Crippen molar-refractivity contribution in [1.29, 1.82) is 0 Å². The Morgan fingerprint density at radius 1 is 1.38 bits per heavy atom. The molecule has 1 heterocycles. The van der Waals surface area contributed by atoms with Crippen LogP contribution in [-0.2, 0) is 14.2 Å². The lowest BCUT2D eigenvalue weighted by Gasteiger charge is -2.35. The van der Waals surface area contributed by atoms with Gasteiger partial charge in [0.1, 0.15) is 20.1 Å². The van der Waals surface area contributed by atoms with Crippen molar-refractivity contribution in [1.82, 2.24) is 0 Å². The Bertz CT molecular complexity index is 456. The third-order valence-electron chi connectivity index (χ3n) is 4.44. The highest BCUT2D eigenvalue weighted by Gasteiger charge is 2.47. The van der Waals surface area contributed by atoms with Crippen molar-refractivity contribution in [2.45, 2.75) is 64.6 Å². The van der Waals surface area contributed by atoms with E-state index < -0.39 is 44.0 Å². The van der Waals surface area contributed by atoms with Gasteiger partial charge in [0.05, 0.1) is 0 Å². The highest BCUT2D eigenvalue weighted by molar-refractivity contribution is 6.86. The molecule has 0 aliphatic carbocycles. The van der Waals surface area contributed by atoms with E-state index in [0.29, 0.717) is 0 Å². The van der Waals surface area contributed by atoms with Crippen molar-refractivity contribution >= 4 is 14.2 Å². The minimum absolute atomic E-state index is 0.325. The normalized spacial score (nSPS) is 28.0. The van der Waals surface area contributed by atoms with Crippen LogP contribution >= 0.6 is 0 Å². The Labute approximate surface area is 125 Å². The summed E-state index contributed by atoms with van der Waals surface area (Å²) < 4.78 is 43.4. The molecule has 1 aliphatic rings. The van der Waals surface area contributed by atoms with E-state index in [1.54, 1.807) is 20.0 Å². The summed E-state index contributed by atoms with van der Waals surface area (Å²) in [6.45, 7) is 11.7. The molecule has 1 saturated heterocycles. The van der Waals surface area contributed by atoms with Gasteiger partial charge in [-0.2, -0.15) is 0 Å². The predicted octanol–water partition coefficient (Wildman–Crippen LogP) is 4.47. The molecule has 0 N–H and O–H groups in total. The molecule has 1 rings (SSSR count). The Kier molecular flexibility index (Phi) is 4.89. The summed E-state index contributed by atoms with van der Waals surface area (Å²) in [6, 6.07) is 0. The number of halogens is 2. The number of carbonyl (C=O) groups is 1. The fourth-order valence-electron chi connectivity index (χ4n) is 1.61. The topological polar surface area (TPSA) is 44.8 Å². The minimum Gasteiger partial charge on any atom is -0.424 e. The molecule has 0 amide bonds. The zero-order valence-electron chi connectivity index (χ0n) is 13.7. The van der Waals surface area contributed by atoms with Crippen molar-refractivity contribution in [3.8, 4) is 0 Å². The smallest absolute Gasteiger partial charge is 0.424 e. The molecule has 0 aromatic heterocycles. The van der Waals surface area contributed by atoms with E-state index in [0.717, 1.165) is 0 Å². The molecule has 21 heavy (non-hydrogen) atoms. The van der Waals surface area contributed by atoms with Crippen LogP contribution in [0.2, 0.25) is 18.1 Å². The summed E-state index contributed by atoms with van der Waals surface area (Å²) >= 11 is 0. The van der Waals surface area contributed by atoms with Crippen LogP contribution in [0.15, 0.2) is 11.3 Å². The lowest BCUT2D eigenvalue weighted by atomic mass is 10.2. The number of cyclic esters (lactones) is 2. The predicted molar refractivity (Wildman–Crippen MR) is 77.8 cm³/mol. The lowest BCUT2D eigenvalue weighted by Crippen LogP contribution is -2.40. The molecular formula is C14H24F2O4Si. The molecule has 0 saturated carbocycles. The molecule has 4 nitrogen and oxygen atoms in total. The van der Waals surface area contributed by atoms with Gasteiger partial charge in [-0.1, -0.05) is 33.9 Å². The molecule has 0 aromatic rings. The summed E-state index contributed by atoms with van der Waals surface area (Å²) in [4.78, 5) is 11.0. The molecule has 122 valence electrons. The highest BCUT2D eigenvalue weighted by Crippen LogP contribution is 2.42. The first-order valence-corrected chi connectivity index (χ1v) is 9.89. The Morgan fingerprint density at radius 3 is 2.29 bits per heavy atom. The Balaban J connectivity index is 2.84. The van der Waals surface area contributed by atoms with Gasteiger partial charge in [0, 0.05) is 6.92 Å². The molecule has 2 unspecified atom stereocenters. The van der Waals surface area contributed by atoms with Gasteiger partial charge in [-0.3, -0.25) is 0 Å². The molecule has 0 spiro atoms. The van der Waals surface area contributed by atoms with Crippen molar-refractivity contribution < 1.29 is 27.8 Å². The van der Waals surface area contributed by atoms with Crippen LogP contribution in [0.5, 0.6) is 0 Å². The Morgan fingerprint density at radius 2 is 1.90 bits per heavy atom. The summed E-state index contributed by atoms with van der Waals surface area (Å²) in [7, 11) is -2.58. The van der Waals surface area contributed by atoms with Crippen molar-refractivity contribution in [2.75, 3.05) is 6.61 Å². The van der Waals surface area contributed by atoms with Gasteiger partial charge in [-0.15, -0.1) is 0 Å². The van der Waals surface area contributed by atoms with Gasteiger partial charge in [0.15, 0.2) is 11.9 Å². The number of hydrogen-bond acceptors (Lipinski definition) is 4. The lowest BCUT2D eigenvalue weighted by molar-refractivity contribution is -0.183. The maximum atomic E-state index is 14.4. The zero-order chi connectivity index (χ0) is 16.6. The average Bonchev–Trinajstić information content (AvgIpc) is 2.58. The third kappa shape index (κ3) is 3.63. The monoisotopic (exact) mass is 322 g/mol. The van der Waals surface area contributed by atoms with E-state index in [4.69, 9.17) is 14.2 Å². The molecule has 0 bridgehead atoms. The van der Waals surface area contributed by atoms with E-state index in [2.05, 4.69) is 0 Å². The number of carbonyl (C=O) groups excluding carboxylic acids is 1. The quantitative estimate of drug-likeness (QED) is 0.566. The summed E-state index contributed by atoms with van der Waals surface area (Å²) in [6.07, 6.45) is -1.56. The molecule has 1 fully saturated rings. The SMILES string of the molecule is CC1OC(=O)OC1(C)OCC(F)=C(F)[Si](C)(C)C(C)(C)C. The first kappa shape index (κ1) is 18.1. The second-order valence-electron chi connectivity index (χ2n) is 7.01. The molecular weight excluding hydrogens is 298 g/mol. The van der Waals surface area contributed by atoms with Crippen molar-refractivity contribution in [3.05, 3.63) is 11.3 Å². The van der Waals surface area contributed by atoms with Crippen LogP contribution in [0.4, 0.5) is 13.6 Å². The van der Waals surface area contributed by atoms with Crippen LogP contribution in [0, 0.1) is 0 Å². The zero-order valence-corrected chi connectivity index (χ0v) is 14.7. The fraction of sp³-hybridized carbons (Fsp3) is 0.786. The second-order valence-corrected chi connectivity index (χ2v) is 12.2. The van der Waals surface area contributed by atoms with E-state index in [-0.39, 0.29) is 5.04 Å². The summed E-state index contributed by atoms with van der Waals surface area (Å²) in [5.74, 6) is -2.35.